The average Bonchev–Trinajstić information content (AvgIpc) is 2.64. The zero-order valence-corrected chi connectivity index (χ0v) is 10.7. The van der Waals surface area contributed by atoms with Gasteiger partial charge in [0.05, 0.1) is 0 Å². The highest BCUT2D eigenvalue weighted by molar-refractivity contribution is 6.31. The molecule has 1 atom stereocenters. The van der Waals surface area contributed by atoms with Crippen LogP contribution in [-0.2, 0) is 0 Å². The number of rotatable bonds is 2. The van der Waals surface area contributed by atoms with Crippen LogP contribution in [0.25, 0.3) is 0 Å². The van der Waals surface area contributed by atoms with Gasteiger partial charge in [-0.1, -0.05) is 0 Å². The van der Waals surface area contributed by atoms with Crippen LogP contribution >= 0.6 is 23.2 Å². The number of hydrogen-bond donors (Lipinski definition) is 0. The van der Waals surface area contributed by atoms with Crippen LogP contribution < -0.4 is 4.90 Å². The second-order valence-electron chi connectivity index (χ2n) is 4.03. The summed E-state index contributed by atoms with van der Waals surface area (Å²) >= 11 is 11.5. The fourth-order valence-corrected chi connectivity index (χ4v) is 2.16. The molecule has 0 saturated carbocycles. The van der Waals surface area contributed by atoms with Gasteiger partial charge in [0.15, 0.2) is 0 Å². The number of hydrogen-bond acceptors (Lipinski definition) is 5. The molecule has 0 bridgehead atoms. The molecule has 7 heteroatoms. The molecule has 16 heavy (non-hydrogen) atoms. The van der Waals surface area contributed by atoms with E-state index in [4.69, 9.17) is 23.2 Å². The molecule has 88 valence electrons. The summed E-state index contributed by atoms with van der Waals surface area (Å²) in [5.74, 6) is 0.564. The maximum Gasteiger partial charge on any atom is 0.231 e. The van der Waals surface area contributed by atoms with Crippen LogP contribution in [-0.4, -0.2) is 53.1 Å². The summed E-state index contributed by atoms with van der Waals surface area (Å²) in [6.07, 6.45) is 1.09. The third-order valence-corrected chi connectivity index (χ3v) is 3.08. The van der Waals surface area contributed by atoms with Crippen molar-refractivity contribution in [1.29, 1.82) is 0 Å². The van der Waals surface area contributed by atoms with Crippen molar-refractivity contribution in [2.24, 2.45) is 0 Å². The minimum absolute atomic E-state index is 0.142. The van der Waals surface area contributed by atoms with Gasteiger partial charge < -0.3 is 9.80 Å². The van der Waals surface area contributed by atoms with E-state index in [0.717, 1.165) is 19.5 Å². The monoisotopic (exact) mass is 261 g/mol. The van der Waals surface area contributed by atoms with Gasteiger partial charge in [-0.3, -0.25) is 0 Å². The maximum absolute atomic E-state index is 5.74. The molecule has 1 aromatic rings. The highest BCUT2D eigenvalue weighted by atomic mass is 35.5. The van der Waals surface area contributed by atoms with Crippen LogP contribution in [0.4, 0.5) is 5.95 Å². The van der Waals surface area contributed by atoms with Crippen molar-refractivity contribution in [2.75, 3.05) is 32.1 Å². The molecule has 1 aliphatic rings. The molecule has 0 aromatic carbocycles. The van der Waals surface area contributed by atoms with Gasteiger partial charge >= 0.3 is 0 Å². The van der Waals surface area contributed by atoms with Crippen molar-refractivity contribution >= 4 is 29.2 Å². The first-order valence-electron chi connectivity index (χ1n) is 5.04. The molecule has 1 unspecified atom stereocenters. The van der Waals surface area contributed by atoms with Crippen molar-refractivity contribution in [3.8, 4) is 0 Å². The molecule has 2 heterocycles. The van der Waals surface area contributed by atoms with E-state index in [1.165, 1.54) is 0 Å². The second kappa shape index (κ2) is 4.69. The first kappa shape index (κ1) is 11.8. The standard InChI is InChI=1S/C9H13Cl2N5/c1-15(2)6-3-4-16(5-6)9-13-7(10)12-8(11)14-9/h6H,3-5H2,1-2H3. The fraction of sp³-hybridized carbons (Fsp3) is 0.667. The van der Waals surface area contributed by atoms with Crippen molar-refractivity contribution in [3.05, 3.63) is 10.6 Å². The topological polar surface area (TPSA) is 45.2 Å². The van der Waals surface area contributed by atoms with Gasteiger partial charge in [-0.15, -0.1) is 0 Å². The van der Waals surface area contributed by atoms with Gasteiger partial charge in [0, 0.05) is 19.1 Å². The zero-order valence-electron chi connectivity index (χ0n) is 9.19. The van der Waals surface area contributed by atoms with Crippen molar-refractivity contribution in [2.45, 2.75) is 12.5 Å². The minimum Gasteiger partial charge on any atom is -0.339 e. The Balaban J connectivity index is 2.14. The van der Waals surface area contributed by atoms with Crippen molar-refractivity contribution in [1.82, 2.24) is 19.9 Å². The summed E-state index contributed by atoms with van der Waals surface area (Å²) in [6.45, 7) is 1.81. The molecular formula is C9H13Cl2N5. The molecule has 5 nitrogen and oxygen atoms in total. The van der Waals surface area contributed by atoms with E-state index >= 15 is 0 Å². The van der Waals surface area contributed by atoms with E-state index < -0.39 is 0 Å². The number of halogens is 2. The van der Waals surface area contributed by atoms with Crippen molar-refractivity contribution < 1.29 is 0 Å². The largest absolute Gasteiger partial charge is 0.339 e. The van der Waals surface area contributed by atoms with Gasteiger partial charge in [0.1, 0.15) is 0 Å². The quantitative estimate of drug-likeness (QED) is 0.804. The first-order chi connectivity index (χ1) is 7.56. The van der Waals surface area contributed by atoms with Gasteiger partial charge in [-0.05, 0) is 43.7 Å². The summed E-state index contributed by atoms with van der Waals surface area (Å²) in [6, 6.07) is 0.523. The van der Waals surface area contributed by atoms with E-state index in [1.807, 2.05) is 0 Å². The lowest BCUT2D eigenvalue weighted by atomic mass is 10.2. The van der Waals surface area contributed by atoms with E-state index in [1.54, 1.807) is 0 Å². The Bertz CT molecular complexity index is 364. The minimum atomic E-state index is 0.142. The molecule has 0 spiro atoms. The summed E-state index contributed by atoms with van der Waals surface area (Å²) in [5, 5.41) is 0.284. The van der Waals surface area contributed by atoms with E-state index in [0.29, 0.717) is 12.0 Å². The van der Waals surface area contributed by atoms with Gasteiger partial charge in [-0.25, -0.2) is 0 Å². The van der Waals surface area contributed by atoms with Crippen LogP contribution in [0.3, 0.4) is 0 Å². The molecule has 1 aliphatic heterocycles. The highest BCUT2D eigenvalue weighted by Crippen LogP contribution is 2.20. The van der Waals surface area contributed by atoms with Gasteiger partial charge in [0.25, 0.3) is 0 Å². The fourth-order valence-electron chi connectivity index (χ4n) is 1.80. The van der Waals surface area contributed by atoms with Gasteiger partial charge in [-0.2, -0.15) is 15.0 Å². The molecule has 0 radical (unpaired) electrons. The van der Waals surface area contributed by atoms with Crippen molar-refractivity contribution in [3.63, 3.8) is 0 Å². The summed E-state index contributed by atoms with van der Waals surface area (Å²) < 4.78 is 0. The Morgan fingerprint density at radius 3 is 2.31 bits per heavy atom. The van der Waals surface area contributed by atoms with E-state index in [-0.39, 0.29) is 10.6 Å². The van der Waals surface area contributed by atoms with E-state index in [9.17, 15) is 0 Å². The Hall–Kier alpha value is -0.650. The Morgan fingerprint density at radius 2 is 1.81 bits per heavy atom. The lowest BCUT2D eigenvalue weighted by molar-refractivity contribution is 0.315. The molecular weight excluding hydrogens is 249 g/mol. The molecule has 0 amide bonds. The molecule has 1 aromatic heterocycles. The SMILES string of the molecule is CN(C)C1CCN(c2nc(Cl)nc(Cl)n2)C1. The summed E-state index contributed by atoms with van der Waals surface area (Å²) in [7, 11) is 4.14. The summed E-state index contributed by atoms with van der Waals surface area (Å²) in [5.41, 5.74) is 0. The molecule has 0 N–H and O–H groups in total. The molecule has 1 fully saturated rings. The number of aromatic nitrogens is 3. The summed E-state index contributed by atoms with van der Waals surface area (Å²) in [4.78, 5) is 16.2. The molecule has 1 saturated heterocycles. The Labute approximate surface area is 104 Å². The van der Waals surface area contributed by atoms with Gasteiger partial charge in [0.2, 0.25) is 16.5 Å². The molecule has 2 rings (SSSR count). The van der Waals surface area contributed by atoms with Crippen LogP contribution in [0.5, 0.6) is 0 Å². The lowest BCUT2D eigenvalue weighted by Crippen LogP contribution is -2.32. The first-order valence-corrected chi connectivity index (χ1v) is 5.80. The van der Waals surface area contributed by atoms with E-state index in [2.05, 4.69) is 38.8 Å². The lowest BCUT2D eigenvalue weighted by Gasteiger charge is -2.20. The van der Waals surface area contributed by atoms with Crippen LogP contribution in [0.2, 0.25) is 10.6 Å². The van der Waals surface area contributed by atoms with Crippen LogP contribution in [0.1, 0.15) is 6.42 Å². The molecule has 0 aliphatic carbocycles. The zero-order chi connectivity index (χ0) is 11.7. The average molecular weight is 262 g/mol. The third-order valence-electron chi connectivity index (χ3n) is 2.75. The smallest absolute Gasteiger partial charge is 0.231 e. The van der Waals surface area contributed by atoms with Crippen LogP contribution in [0, 0.1) is 0 Å². The number of anilines is 1. The van der Waals surface area contributed by atoms with Crippen LogP contribution in [0.15, 0.2) is 0 Å². The number of likely N-dealkylation sites (N-methyl/N-ethyl adjacent to an activating group) is 1. The predicted octanol–water partition coefficient (Wildman–Crippen LogP) is 1.32. The highest BCUT2D eigenvalue weighted by Gasteiger charge is 2.26. The Kier molecular flexibility index (Phi) is 3.47. The second-order valence-corrected chi connectivity index (χ2v) is 4.70. The Morgan fingerprint density at radius 1 is 1.19 bits per heavy atom. The predicted molar refractivity (Wildman–Crippen MR) is 64.2 cm³/mol. The third kappa shape index (κ3) is 2.53. The normalized spacial score (nSPS) is 20.8. The maximum atomic E-state index is 5.74. The number of nitrogens with zero attached hydrogens (tertiary/aromatic N) is 5.